The molecule has 1 aromatic carbocycles. The molecule has 1 rings (SSSR count). The SMILES string of the molecule is CCOCCN(CCOCC)Cc1ccccc1CCN. The quantitative estimate of drug-likeness (QED) is 0.600. The molecular formula is C17H30N2O2. The average molecular weight is 294 g/mol. The first-order valence-corrected chi connectivity index (χ1v) is 7.96. The van der Waals surface area contributed by atoms with E-state index in [1.165, 1.54) is 11.1 Å². The predicted molar refractivity (Wildman–Crippen MR) is 87.5 cm³/mol. The van der Waals surface area contributed by atoms with Gasteiger partial charge in [0.05, 0.1) is 13.2 Å². The van der Waals surface area contributed by atoms with Crippen molar-refractivity contribution in [2.24, 2.45) is 5.73 Å². The van der Waals surface area contributed by atoms with Gasteiger partial charge >= 0.3 is 0 Å². The molecule has 0 bridgehead atoms. The topological polar surface area (TPSA) is 47.7 Å². The largest absolute Gasteiger partial charge is 0.380 e. The maximum Gasteiger partial charge on any atom is 0.0593 e. The van der Waals surface area contributed by atoms with E-state index in [2.05, 4.69) is 29.2 Å². The fraction of sp³-hybridized carbons (Fsp3) is 0.647. The number of rotatable bonds is 12. The van der Waals surface area contributed by atoms with Crippen molar-refractivity contribution < 1.29 is 9.47 Å². The molecule has 0 radical (unpaired) electrons. The second-order valence-electron chi connectivity index (χ2n) is 4.98. The summed E-state index contributed by atoms with van der Waals surface area (Å²) in [6.07, 6.45) is 0.931. The molecule has 0 amide bonds. The molecule has 0 aliphatic heterocycles. The Balaban J connectivity index is 2.60. The molecule has 4 nitrogen and oxygen atoms in total. The highest BCUT2D eigenvalue weighted by atomic mass is 16.5. The van der Waals surface area contributed by atoms with Gasteiger partial charge in [-0.2, -0.15) is 0 Å². The Bertz CT molecular complexity index is 362. The van der Waals surface area contributed by atoms with Gasteiger partial charge in [-0.05, 0) is 37.9 Å². The number of nitrogens with two attached hydrogens (primary N) is 1. The van der Waals surface area contributed by atoms with Gasteiger partial charge in [0.25, 0.3) is 0 Å². The summed E-state index contributed by atoms with van der Waals surface area (Å²) in [5.74, 6) is 0. The van der Waals surface area contributed by atoms with Crippen molar-refractivity contribution >= 4 is 0 Å². The second kappa shape index (κ2) is 11.7. The summed E-state index contributed by atoms with van der Waals surface area (Å²) in [5, 5.41) is 0. The molecule has 120 valence electrons. The lowest BCUT2D eigenvalue weighted by atomic mass is 10.0. The summed E-state index contributed by atoms with van der Waals surface area (Å²) >= 11 is 0. The molecule has 1 aromatic rings. The summed E-state index contributed by atoms with van der Waals surface area (Å²) in [7, 11) is 0. The summed E-state index contributed by atoms with van der Waals surface area (Å²) < 4.78 is 11.0. The highest BCUT2D eigenvalue weighted by Crippen LogP contribution is 2.12. The van der Waals surface area contributed by atoms with Crippen molar-refractivity contribution in [3.8, 4) is 0 Å². The van der Waals surface area contributed by atoms with Crippen molar-refractivity contribution in [1.82, 2.24) is 4.90 Å². The van der Waals surface area contributed by atoms with Gasteiger partial charge in [-0.15, -0.1) is 0 Å². The van der Waals surface area contributed by atoms with Crippen LogP contribution in [0.25, 0.3) is 0 Å². The molecule has 4 heteroatoms. The van der Waals surface area contributed by atoms with Crippen molar-refractivity contribution in [2.45, 2.75) is 26.8 Å². The van der Waals surface area contributed by atoms with Crippen LogP contribution < -0.4 is 5.73 Å². The molecule has 0 saturated heterocycles. The first-order chi connectivity index (χ1) is 10.3. The maximum atomic E-state index is 5.70. The Labute approximate surface area is 129 Å². The Hall–Kier alpha value is -0.940. The van der Waals surface area contributed by atoms with Gasteiger partial charge < -0.3 is 15.2 Å². The minimum Gasteiger partial charge on any atom is -0.380 e. The van der Waals surface area contributed by atoms with Crippen molar-refractivity contribution in [2.75, 3.05) is 46.1 Å². The Morgan fingerprint density at radius 3 is 2.05 bits per heavy atom. The monoisotopic (exact) mass is 294 g/mol. The van der Waals surface area contributed by atoms with Gasteiger partial charge in [0.2, 0.25) is 0 Å². The molecular weight excluding hydrogens is 264 g/mol. The number of nitrogens with zero attached hydrogens (tertiary/aromatic N) is 1. The molecule has 2 N–H and O–H groups in total. The van der Waals surface area contributed by atoms with E-state index < -0.39 is 0 Å². The third-order valence-electron chi connectivity index (χ3n) is 3.44. The lowest BCUT2D eigenvalue weighted by Gasteiger charge is -2.23. The zero-order valence-corrected chi connectivity index (χ0v) is 13.5. The zero-order chi connectivity index (χ0) is 15.3. The maximum absolute atomic E-state index is 5.70. The molecule has 0 heterocycles. The number of ether oxygens (including phenoxy) is 2. The van der Waals surface area contributed by atoms with E-state index in [0.29, 0.717) is 6.54 Å². The second-order valence-corrected chi connectivity index (χ2v) is 4.98. The van der Waals surface area contributed by atoms with E-state index in [-0.39, 0.29) is 0 Å². The number of hydrogen-bond acceptors (Lipinski definition) is 4. The molecule has 0 aliphatic carbocycles. The van der Waals surface area contributed by atoms with Gasteiger partial charge in [-0.1, -0.05) is 24.3 Å². The Morgan fingerprint density at radius 1 is 0.952 bits per heavy atom. The van der Waals surface area contributed by atoms with Crippen LogP contribution in [0.3, 0.4) is 0 Å². The van der Waals surface area contributed by atoms with Gasteiger partial charge in [0, 0.05) is 32.8 Å². The van der Waals surface area contributed by atoms with Crippen molar-refractivity contribution in [3.05, 3.63) is 35.4 Å². The van der Waals surface area contributed by atoms with E-state index in [1.807, 2.05) is 13.8 Å². The number of hydrogen-bond donors (Lipinski definition) is 1. The van der Waals surface area contributed by atoms with Gasteiger partial charge in [-0.3, -0.25) is 4.90 Å². The molecule has 0 unspecified atom stereocenters. The van der Waals surface area contributed by atoms with E-state index in [9.17, 15) is 0 Å². The van der Waals surface area contributed by atoms with Crippen molar-refractivity contribution in [1.29, 1.82) is 0 Å². The summed E-state index contributed by atoms with van der Waals surface area (Å²) in [5.41, 5.74) is 8.41. The fourth-order valence-electron chi connectivity index (χ4n) is 2.30. The van der Waals surface area contributed by atoms with Crippen LogP contribution in [-0.4, -0.2) is 51.0 Å². The van der Waals surface area contributed by atoms with Crippen LogP contribution in [0, 0.1) is 0 Å². The third kappa shape index (κ3) is 7.58. The predicted octanol–water partition coefficient (Wildman–Crippen LogP) is 2.06. The number of benzene rings is 1. The van der Waals surface area contributed by atoms with Crippen LogP contribution in [0.5, 0.6) is 0 Å². The Morgan fingerprint density at radius 2 is 1.52 bits per heavy atom. The molecule has 0 atom stereocenters. The van der Waals surface area contributed by atoms with Crippen LogP contribution in [0.2, 0.25) is 0 Å². The van der Waals surface area contributed by atoms with Crippen LogP contribution in [0.1, 0.15) is 25.0 Å². The normalized spacial score (nSPS) is 11.2. The van der Waals surface area contributed by atoms with E-state index in [1.54, 1.807) is 0 Å². The van der Waals surface area contributed by atoms with Crippen molar-refractivity contribution in [3.63, 3.8) is 0 Å². The van der Waals surface area contributed by atoms with E-state index in [0.717, 1.165) is 52.5 Å². The van der Waals surface area contributed by atoms with Gasteiger partial charge in [0.1, 0.15) is 0 Å². The lowest BCUT2D eigenvalue weighted by molar-refractivity contribution is 0.0797. The first-order valence-electron chi connectivity index (χ1n) is 7.96. The summed E-state index contributed by atoms with van der Waals surface area (Å²) in [6.45, 7) is 10.6. The first kappa shape index (κ1) is 18.1. The van der Waals surface area contributed by atoms with Crippen LogP contribution in [-0.2, 0) is 22.4 Å². The van der Waals surface area contributed by atoms with E-state index >= 15 is 0 Å². The third-order valence-corrected chi connectivity index (χ3v) is 3.44. The van der Waals surface area contributed by atoms with Gasteiger partial charge in [-0.25, -0.2) is 0 Å². The van der Waals surface area contributed by atoms with Gasteiger partial charge in [0.15, 0.2) is 0 Å². The van der Waals surface area contributed by atoms with Crippen LogP contribution >= 0.6 is 0 Å². The lowest BCUT2D eigenvalue weighted by Crippen LogP contribution is -2.31. The molecule has 0 aliphatic rings. The highest BCUT2D eigenvalue weighted by molar-refractivity contribution is 5.27. The molecule has 0 spiro atoms. The smallest absolute Gasteiger partial charge is 0.0593 e. The summed E-state index contributed by atoms with van der Waals surface area (Å²) in [6, 6.07) is 8.54. The fourth-order valence-corrected chi connectivity index (χ4v) is 2.30. The summed E-state index contributed by atoms with van der Waals surface area (Å²) in [4.78, 5) is 2.39. The molecule has 0 fully saturated rings. The van der Waals surface area contributed by atoms with Crippen LogP contribution in [0.15, 0.2) is 24.3 Å². The Kier molecular flexibility index (Phi) is 10.1. The van der Waals surface area contributed by atoms with Crippen LogP contribution in [0.4, 0.5) is 0 Å². The minimum atomic E-state index is 0.689. The molecule has 0 aromatic heterocycles. The highest BCUT2D eigenvalue weighted by Gasteiger charge is 2.09. The molecule has 0 saturated carbocycles. The standard InChI is InChI=1S/C17H30N2O2/c1-3-20-13-11-19(12-14-21-4-2)15-17-8-6-5-7-16(17)9-10-18/h5-8H,3-4,9-15,18H2,1-2H3. The average Bonchev–Trinajstić information content (AvgIpc) is 2.49. The van der Waals surface area contributed by atoms with E-state index in [4.69, 9.17) is 15.2 Å². The minimum absolute atomic E-state index is 0.689. The molecule has 21 heavy (non-hydrogen) atoms. The zero-order valence-electron chi connectivity index (χ0n) is 13.5.